The molecule has 0 atom stereocenters. The van der Waals surface area contributed by atoms with Gasteiger partial charge >= 0.3 is 5.97 Å². The monoisotopic (exact) mass is 283 g/mol. The van der Waals surface area contributed by atoms with Gasteiger partial charge in [0.25, 0.3) is 0 Å². The van der Waals surface area contributed by atoms with Crippen LogP contribution in [0.5, 0.6) is 0 Å². The highest BCUT2D eigenvalue weighted by atomic mass is 19.2. The fraction of sp³-hybridized carbons (Fsp3) is 0.250. The maximum absolute atomic E-state index is 13.8. The number of halogens is 2. The number of ether oxygens (including phenoxy) is 1. The van der Waals surface area contributed by atoms with Crippen LogP contribution in [-0.2, 0) is 11.3 Å². The number of esters is 1. The van der Waals surface area contributed by atoms with Crippen molar-refractivity contribution in [1.29, 1.82) is 0 Å². The average Bonchev–Trinajstić information content (AvgIpc) is 2.85. The van der Waals surface area contributed by atoms with Gasteiger partial charge in [-0.05, 0) is 19.1 Å². The molecule has 20 heavy (non-hydrogen) atoms. The van der Waals surface area contributed by atoms with Crippen LogP contribution in [0, 0.1) is 18.6 Å². The second-order valence-electron chi connectivity index (χ2n) is 3.87. The second kappa shape index (κ2) is 5.64. The molecule has 0 unspecified atom stereocenters. The summed E-state index contributed by atoms with van der Waals surface area (Å²) in [4.78, 5) is 15.1. The number of nitrogens with one attached hydrogen (secondary N) is 1. The Morgan fingerprint density at radius 2 is 2.15 bits per heavy atom. The van der Waals surface area contributed by atoms with Gasteiger partial charge in [0.2, 0.25) is 5.89 Å². The van der Waals surface area contributed by atoms with E-state index >= 15 is 0 Å². The summed E-state index contributed by atoms with van der Waals surface area (Å²) in [6, 6.07) is 2.36. The fourth-order valence-corrected chi connectivity index (χ4v) is 1.54. The summed E-state index contributed by atoms with van der Waals surface area (Å²) >= 11 is 0. The van der Waals surface area contributed by atoms with Gasteiger partial charge in [0.1, 0.15) is 0 Å². The maximum atomic E-state index is 13.8. The average molecular weight is 283 g/mol. The van der Waals surface area contributed by atoms with E-state index in [4.69, 9.17) is 4.52 Å². The Balaban J connectivity index is 2.17. The van der Waals surface area contributed by atoms with Gasteiger partial charge in [-0.15, -0.1) is 0 Å². The number of rotatable bonds is 4. The van der Waals surface area contributed by atoms with Gasteiger partial charge in [-0.1, -0.05) is 5.16 Å². The highest BCUT2D eigenvalue weighted by molar-refractivity contribution is 5.90. The Morgan fingerprint density at radius 3 is 2.75 bits per heavy atom. The van der Waals surface area contributed by atoms with E-state index in [2.05, 4.69) is 20.2 Å². The lowest BCUT2D eigenvalue weighted by atomic mass is 10.2. The zero-order valence-corrected chi connectivity index (χ0v) is 10.7. The minimum absolute atomic E-state index is 0.0365. The number of hydrogen-bond donors (Lipinski definition) is 1. The summed E-state index contributed by atoms with van der Waals surface area (Å²) in [5.41, 5.74) is -0.588. The summed E-state index contributed by atoms with van der Waals surface area (Å²) in [5.74, 6) is -2.72. The number of aromatic nitrogens is 2. The molecule has 0 saturated carbocycles. The minimum Gasteiger partial charge on any atom is -0.465 e. The van der Waals surface area contributed by atoms with Gasteiger partial charge in [0.05, 0.1) is 24.9 Å². The minimum atomic E-state index is -1.27. The third-order valence-electron chi connectivity index (χ3n) is 2.49. The van der Waals surface area contributed by atoms with Crippen molar-refractivity contribution in [1.82, 2.24) is 10.1 Å². The van der Waals surface area contributed by atoms with E-state index in [1.807, 2.05) is 0 Å². The third kappa shape index (κ3) is 2.73. The van der Waals surface area contributed by atoms with Crippen LogP contribution in [0.25, 0.3) is 0 Å². The molecule has 0 fully saturated rings. The van der Waals surface area contributed by atoms with E-state index in [0.29, 0.717) is 5.82 Å². The molecule has 0 aliphatic carbocycles. The molecule has 0 spiro atoms. The highest BCUT2D eigenvalue weighted by Gasteiger charge is 2.19. The summed E-state index contributed by atoms with van der Waals surface area (Å²) in [6.07, 6.45) is 0. The molecule has 106 valence electrons. The lowest BCUT2D eigenvalue weighted by molar-refractivity contribution is 0.0594. The van der Waals surface area contributed by atoms with E-state index in [1.165, 1.54) is 6.07 Å². The molecule has 0 bridgehead atoms. The Hall–Kier alpha value is -2.51. The topological polar surface area (TPSA) is 77.2 Å². The van der Waals surface area contributed by atoms with E-state index < -0.39 is 23.2 Å². The molecule has 0 aliphatic heterocycles. The molecule has 6 nitrogen and oxygen atoms in total. The number of hydrogen-bond acceptors (Lipinski definition) is 6. The number of anilines is 1. The van der Waals surface area contributed by atoms with E-state index in [-0.39, 0.29) is 18.1 Å². The molecule has 0 radical (unpaired) electrons. The molecule has 0 amide bonds. The molecule has 8 heteroatoms. The van der Waals surface area contributed by atoms with Crippen LogP contribution in [0.2, 0.25) is 0 Å². The highest BCUT2D eigenvalue weighted by Crippen LogP contribution is 2.21. The predicted molar refractivity (Wildman–Crippen MR) is 64.1 cm³/mol. The van der Waals surface area contributed by atoms with Crippen LogP contribution in [-0.4, -0.2) is 23.2 Å². The van der Waals surface area contributed by atoms with Crippen LogP contribution < -0.4 is 5.32 Å². The number of nitrogens with zero attached hydrogens (tertiary/aromatic N) is 2. The van der Waals surface area contributed by atoms with Gasteiger partial charge in [-0.3, -0.25) is 0 Å². The number of carbonyl (C=O) groups is 1. The summed E-state index contributed by atoms with van der Waals surface area (Å²) in [6.45, 7) is 1.67. The van der Waals surface area contributed by atoms with E-state index in [9.17, 15) is 13.6 Å². The zero-order valence-electron chi connectivity index (χ0n) is 10.7. The van der Waals surface area contributed by atoms with Crippen LogP contribution in [0.4, 0.5) is 14.5 Å². The normalized spacial score (nSPS) is 10.4. The van der Waals surface area contributed by atoms with Gasteiger partial charge < -0.3 is 14.6 Å². The Bertz CT molecular complexity index is 643. The lowest BCUT2D eigenvalue weighted by Crippen LogP contribution is -2.09. The second-order valence-corrected chi connectivity index (χ2v) is 3.87. The van der Waals surface area contributed by atoms with Crippen LogP contribution in [0.1, 0.15) is 22.1 Å². The van der Waals surface area contributed by atoms with Crippen molar-refractivity contribution in [3.05, 3.63) is 41.0 Å². The Morgan fingerprint density at radius 1 is 1.40 bits per heavy atom. The fourth-order valence-electron chi connectivity index (χ4n) is 1.54. The lowest BCUT2D eigenvalue weighted by Gasteiger charge is -2.08. The van der Waals surface area contributed by atoms with Crippen molar-refractivity contribution < 1.29 is 22.8 Å². The molecular weight excluding hydrogens is 272 g/mol. The standard InChI is InChI=1S/C12H11F2N3O3/c1-6-16-9(20-17-6)5-15-8-4-3-7(12(18)19-2)10(13)11(8)14/h3-4,15H,5H2,1-2H3. The molecule has 1 aromatic heterocycles. The van der Waals surface area contributed by atoms with E-state index in [0.717, 1.165) is 13.2 Å². The van der Waals surface area contributed by atoms with Gasteiger partial charge in [-0.2, -0.15) is 4.98 Å². The summed E-state index contributed by atoms with van der Waals surface area (Å²) in [7, 11) is 1.09. The molecule has 1 aromatic carbocycles. The largest absolute Gasteiger partial charge is 0.465 e. The third-order valence-corrected chi connectivity index (χ3v) is 2.49. The smallest absolute Gasteiger partial charge is 0.340 e. The molecule has 1 heterocycles. The first kappa shape index (κ1) is 13.9. The van der Waals surface area contributed by atoms with Gasteiger partial charge in [0.15, 0.2) is 17.5 Å². The van der Waals surface area contributed by atoms with Crippen LogP contribution in [0.3, 0.4) is 0 Å². The Labute approximate surface area is 112 Å². The first-order valence-corrected chi connectivity index (χ1v) is 5.62. The molecule has 0 saturated heterocycles. The SMILES string of the molecule is COC(=O)c1ccc(NCc2nc(C)no2)c(F)c1F. The molecule has 1 N–H and O–H groups in total. The zero-order chi connectivity index (χ0) is 14.7. The van der Waals surface area contributed by atoms with Gasteiger partial charge in [0, 0.05) is 0 Å². The van der Waals surface area contributed by atoms with Crippen molar-refractivity contribution in [2.24, 2.45) is 0 Å². The quantitative estimate of drug-likeness (QED) is 0.865. The molecular formula is C12H11F2N3O3. The van der Waals surface area contributed by atoms with Crippen LogP contribution in [0.15, 0.2) is 16.7 Å². The number of carbonyl (C=O) groups excluding carboxylic acids is 1. The first-order chi connectivity index (χ1) is 9.52. The molecule has 0 aliphatic rings. The predicted octanol–water partition coefficient (Wildman–Crippen LogP) is 2.05. The van der Waals surface area contributed by atoms with Crippen molar-refractivity contribution >= 4 is 11.7 Å². The summed E-state index contributed by atoms with van der Waals surface area (Å²) < 4.78 is 36.6. The van der Waals surface area contributed by atoms with Crippen molar-refractivity contribution in [2.75, 3.05) is 12.4 Å². The molecule has 2 aromatic rings. The number of aryl methyl sites for hydroxylation is 1. The van der Waals surface area contributed by atoms with Crippen molar-refractivity contribution in [3.63, 3.8) is 0 Å². The van der Waals surface area contributed by atoms with Crippen LogP contribution >= 0.6 is 0 Å². The first-order valence-electron chi connectivity index (χ1n) is 5.62. The van der Waals surface area contributed by atoms with Crippen molar-refractivity contribution in [3.8, 4) is 0 Å². The maximum Gasteiger partial charge on any atom is 0.340 e. The summed E-state index contributed by atoms with van der Waals surface area (Å²) in [5, 5.41) is 6.17. The van der Waals surface area contributed by atoms with Gasteiger partial charge in [-0.25, -0.2) is 13.6 Å². The Kier molecular flexibility index (Phi) is 3.92. The van der Waals surface area contributed by atoms with Crippen molar-refractivity contribution in [2.45, 2.75) is 13.5 Å². The van der Waals surface area contributed by atoms with E-state index in [1.54, 1.807) is 6.92 Å². The number of benzene rings is 1. The molecule has 2 rings (SSSR count). The number of methoxy groups -OCH3 is 1.